The van der Waals surface area contributed by atoms with Gasteiger partial charge in [-0.15, -0.1) is 0 Å². The molecule has 2 heterocycles. The van der Waals surface area contributed by atoms with Crippen LogP contribution in [0.25, 0.3) is 5.82 Å². The third-order valence-electron chi connectivity index (χ3n) is 3.34. The van der Waals surface area contributed by atoms with Crippen molar-refractivity contribution in [2.75, 3.05) is 13.6 Å². The lowest BCUT2D eigenvalue weighted by molar-refractivity contribution is 0.0768. The number of pyridine rings is 1. The molecule has 6 heteroatoms. The standard InChI is InChI=1S/C15H20N4O2/c1-11(20)7-9-18(3)15(21)13-10-17-19(12(13)2)14-6-4-5-8-16-14/h4-6,8,10-11,20H,7,9H2,1-3H3. The Morgan fingerprint density at radius 1 is 1.48 bits per heavy atom. The minimum Gasteiger partial charge on any atom is -0.393 e. The van der Waals surface area contributed by atoms with Gasteiger partial charge in [0.05, 0.1) is 23.6 Å². The van der Waals surface area contributed by atoms with Gasteiger partial charge in [-0.3, -0.25) is 4.79 Å². The molecule has 2 rings (SSSR count). The second-order valence-corrected chi connectivity index (χ2v) is 5.11. The van der Waals surface area contributed by atoms with Gasteiger partial charge in [0, 0.05) is 19.8 Å². The molecule has 112 valence electrons. The maximum Gasteiger partial charge on any atom is 0.257 e. The minimum absolute atomic E-state index is 0.102. The molecule has 0 bridgehead atoms. The smallest absolute Gasteiger partial charge is 0.257 e. The second kappa shape index (κ2) is 6.49. The highest BCUT2D eigenvalue weighted by Crippen LogP contribution is 2.14. The van der Waals surface area contributed by atoms with Gasteiger partial charge in [-0.2, -0.15) is 5.10 Å². The van der Waals surface area contributed by atoms with Crippen molar-refractivity contribution in [1.82, 2.24) is 19.7 Å². The number of hydrogen-bond acceptors (Lipinski definition) is 4. The van der Waals surface area contributed by atoms with Crippen molar-refractivity contribution in [2.24, 2.45) is 0 Å². The normalized spacial score (nSPS) is 12.2. The Labute approximate surface area is 124 Å². The van der Waals surface area contributed by atoms with Gasteiger partial charge >= 0.3 is 0 Å². The molecule has 1 unspecified atom stereocenters. The molecule has 1 atom stereocenters. The van der Waals surface area contributed by atoms with Gasteiger partial charge in [0.15, 0.2) is 5.82 Å². The fraction of sp³-hybridized carbons (Fsp3) is 0.400. The van der Waals surface area contributed by atoms with Crippen LogP contribution in [-0.2, 0) is 0 Å². The number of nitrogens with zero attached hydrogens (tertiary/aromatic N) is 4. The quantitative estimate of drug-likeness (QED) is 0.903. The maximum absolute atomic E-state index is 12.4. The van der Waals surface area contributed by atoms with Crippen molar-refractivity contribution in [1.29, 1.82) is 0 Å². The van der Waals surface area contributed by atoms with Crippen LogP contribution in [0, 0.1) is 6.92 Å². The van der Waals surface area contributed by atoms with E-state index in [1.54, 1.807) is 35.9 Å². The largest absolute Gasteiger partial charge is 0.393 e. The molecular weight excluding hydrogens is 268 g/mol. The summed E-state index contributed by atoms with van der Waals surface area (Å²) in [4.78, 5) is 18.2. The van der Waals surface area contributed by atoms with Gasteiger partial charge in [-0.1, -0.05) is 6.07 Å². The summed E-state index contributed by atoms with van der Waals surface area (Å²) in [6.45, 7) is 4.06. The zero-order valence-electron chi connectivity index (χ0n) is 12.5. The molecule has 0 radical (unpaired) electrons. The molecule has 0 saturated heterocycles. The topological polar surface area (TPSA) is 71.2 Å². The van der Waals surface area contributed by atoms with Gasteiger partial charge in [0.25, 0.3) is 5.91 Å². The predicted octanol–water partition coefficient (Wildman–Crippen LogP) is 1.42. The van der Waals surface area contributed by atoms with Crippen LogP contribution < -0.4 is 0 Å². The molecule has 0 aromatic carbocycles. The fourth-order valence-corrected chi connectivity index (χ4v) is 2.02. The highest BCUT2D eigenvalue weighted by Gasteiger charge is 2.19. The number of carbonyl (C=O) groups is 1. The average molecular weight is 288 g/mol. The van der Waals surface area contributed by atoms with Crippen molar-refractivity contribution in [3.8, 4) is 5.82 Å². The fourth-order valence-electron chi connectivity index (χ4n) is 2.02. The molecule has 0 aliphatic rings. The number of rotatable bonds is 5. The molecule has 2 aromatic rings. The van der Waals surface area contributed by atoms with E-state index < -0.39 is 6.10 Å². The summed E-state index contributed by atoms with van der Waals surface area (Å²) in [6, 6.07) is 5.54. The summed E-state index contributed by atoms with van der Waals surface area (Å²) in [6.07, 6.45) is 3.38. The lowest BCUT2D eigenvalue weighted by atomic mass is 10.2. The summed E-state index contributed by atoms with van der Waals surface area (Å²) < 4.78 is 1.65. The van der Waals surface area contributed by atoms with E-state index >= 15 is 0 Å². The number of aliphatic hydroxyl groups is 1. The maximum atomic E-state index is 12.4. The Morgan fingerprint density at radius 2 is 2.24 bits per heavy atom. The van der Waals surface area contributed by atoms with E-state index in [4.69, 9.17) is 0 Å². The summed E-state index contributed by atoms with van der Waals surface area (Å²) in [7, 11) is 1.72. The van der Waals surface area contributed by atoms with Crippen molar-refractivity contribution >= 4 is 5.91 Å². The van der Waals surface area contributed by atoms with Gasteiger partial charge in [-0.05, 0) is 32.4 Å². The minimum atomic E-state index is -0.419. The van der Waals surface area contributed by atoms with Crippen LogP contribution in [0.3, 0.4) is 0 Å². The first kappa shape index (κ1) is 15.2. The average Bonchev–Trinajstić information content (AvgIpc) is 2.86. The van der Waals surface area contributed by atoms with Gasteiger partial charge in [0.1, 0.15) is 0 Å². The third-order valence-corrected chi connectivity index (χ3v) is 3.34. The van der Waals surface area contributed by atoms with E-state index in [1.165, 1.54) is 0 Å². The first-order valence-electron chi connectivity index (χ1n) is 6.90. The number of aromatic nitrogens is 3. The molecule has 0 aliphatic carbocycles. The van der Waals surface area contributed by atoms with Crippen LogP contribution in [0.5, 0.6) is 0 Å². The van der Waals surface area contributed by atoms with Gasteiger partial charge in [0.2, 0.25) is 0 Å². The SMILES string of the molecule is Cc1c(C(=O)N(C)CCC(C)O)cnn1-c1ccccn1. The van der Waals surface area contributed by atoms with E-state index in [2.05, 4.69) is 10.1 Å². The van der Waals surface area contributed by atoms with Crippen LogP contribution in [0.2, 0.25) is 0 Å². The summed E-state index contributed by atoms with van der Waals surface area (Å²) in [5.41, 5.74) is 1.30. The molecule has 2 aromatic heterocycles. The summed E-state index contributed by atoms with van der Waals surface area (Å²) in [5.74, 6) is 0.580. The van der Waals surface area contributed by atoms with Crippen LogP contribution >= 0.6 is 0 Å². The number of carbonyl (C=O) groups excluding carboxylic acids is 1. The van der Waals surface area contributed by atoms with E-state index in [9.17, 15) is 9.90 Å². The van der Waals surface area contributed by atoms with Crippen molar-refractivity contribution in [3.63, 3.8) is 0 Å². The van der Waals surface area contributed by atoms with Crippen LogP contribution in [0.4, 0.5) is 0 Å². The van der Waals surface area contributed by atoms with Crippen molar-refractivity contribution in [2.45, 2.75) is 26.4 Å². The Balaban J connectivity index is 2.18. The van der Waals surface area contributed by atoms with Crippen LogP contribution in [0.15, 0.2) is 30.6 Å². The lowest BCUT2D eigenvalue weighted by Gasteiger charge is -2.17. The Morgan fingerprint density at radius 3 is 2.86 bits per heavy atom. The second-order valence-electron chi connectivity index (χ2n) is 5.11. The lowest BCUT2D eigenvalue weighted by Crippen LogP contribution is -2.29. The molecule has 0 spiro atoms. The highest BCUT2D eigenvalue weighted by atomic mass is 16.3. The molecule has 0 aliphatic heterocycles. The highest BCUT2D eigenvalue weighted by molar-refractivity contribution is 5.95. The van der Waals surface area contributed by atoms with Gasteiger partial charge < -0.3 is 10.0 Å². The Hall–Kier alpha value is -2.21. The summed E-state index contributed by atoms with van der Waals surface area (Å²) >= 11 is 0. The molecular formula is C15H20N4O2. The zero-order chi connectivity index (χ0) is 15.4. The molecule has 0 saturated carbocycles. The van der Waals surface area contributed by atoms with Crippen LogP contribution in [0.1, 0.15) is 29.4 Å². The third kappa shape index (κ3) is 3.46. The van der Waals surface area contributed by atoms with Crippen molar-refractivity contribution in [3.05, 3.63) is 41.9 Å². The molecule has 0 fully saturated rings. The van der Waals surface area contributed by atoms with Gasteiger partial charge in [-0.25, -0.2) is 9.67 Å². The molecule has 6 nitrogen and oxygen atoms in total. The Kier molecular flexibility index (Phi) is 4.70. The first-order chi connectivity index (χ1) is 10.0. The van der Waals surface area contributed by atoms with Crippen LogP contribution in [-0.4, -0.2) is 50.4 Å². The monoisotopic (exact) mass is 288 g/mol. The van der Waals surface area contributed by atoms with E-state index in [1.807, 2.05) is 25.1 Å². The summed E-state index contributed by atoms with van der Waals surface area (Å²) in [5, 5.41) is 13.5. The number of aliphatic hydroxyl groups excluding tert-OH is 1. The number of hydrogen-bond donors (Lipinski definition) is 1. The van der Waals surface area contributed by atoms with E-state index in [0.717, 1.165) is 5.69 Å². The van der Waals surface area contributed by atoms with E-state index in [0.29, 0.717) is 24.3 Å². The number of amides is 1. The first-order valence-corrected chi connectivity index (χ1v) is 6.90. The predicted molar refractivity (Wildman–Crippen MR) is 79.4 cm³/mol. The van der Waals surface area contributed by atoms with Crippen molar-refractivity contribution < 1.29 is 9.90 Å². The molecule has 21 heavy (non-hydrogen) atoms. The molecule has 1 N–H and O–H groups in total. The van der Waals surface area contributed by atoms with E-state index in [-0.39, 0.29) is 5.91 Å². The Bertz CT molecular complexity index is 607. The molecule has 1 amide bonds. The zero-order valence-corrected chi connectivity index (χ0v) is 12.5.